The van der Waals surface area contributed by atoms with Gasteiger partial charge in [0.15, 0.2) is 0 Å². The average molecular weight is 313 g/mol. The number of rotatable bonds is 2. The number of aryl methyl sites for hydroxylation is 2. The molecule has 0 saturated carbocycles. The van der Waals surface area contributed by atoms with E-state index in [1.165, 1.54) is 0 Å². The molecule has 0 fully saturated rings. The number of anilines is 2. The minimum Gasteiger partial charge on any atom is -0.489 e. The third-order valence-electron chi connectivity index (χ3n) is 4.45. The van der Waals surface area contributed by atoms with Crippen molar-refractivity contribution >= 4 is 17.3 Å². The molecule has 0 radical (unpaired) electrons. The number of carbonyl (C=O) groups is 1. The molecule has 2 aromatic rings. The summed E-state index contributed by atoms with van der Waals surface area (Å²) in [6.45, 7) is 7.43. The van der Waals surface area contributed by atoms with Gasteiger partial charge in [0.25, 0.3) is 5.91 Å². The van der Waals surface area contributed by atoms with Crippen molar-refractivity contribution in [2.24, 2.45) is 0 Å². The van der Waals surface area contributed by atoms with E-state index in [4.69, 9.17) is 4.74 Å². The van der Waals surface area contributed by atoms with E-state index in [0.717, 1.165) is 30.2 Å². The van der Waals surface area contributed by atoms with Gasteiger partial charge in [-0.15, -0.1) is 5.10 Å². The van der Waals surface area contributed by atoms with Crippen molar-refractivity contribution in [1.29, 1.82) is 0 Å². The molecule has 2 aliphatic heterocycles. The minimum absolute atomic E-state index is 0.0482. The number of aromatic nitrogens is 3. The third kappa shape index (κ3) is 2.07. The van der Waals surface area contributed by atoms with Gasteiger partial charge < -0.3 is 14.5 Å². The molecule has 1 aromatic heterocycles. The van der Waals surface area contributed by atoms with E-state index in [0.29, 0.717) is 31.1 Å². The number of amides is 1. The predicted molar refractivity (Wildman–Crippen MR) is 86.3 cm³/mol. The van der Waals surface area contributed by atoms with Crippen molar-refractivity contribution in [3.05, 3.63) is 29.6 Å². The van der Waals surface area contributed by atoms with Crippen LogP contribution < -0.4 is 14.5 Å². The molecule has 0 atom stereocenters. The highest BCUT2D eigenvalue weighted by Gasteiger charge is 2.33. The van der Waals surface area contributed by atoms with Gasteiger partial charge in [0.1, 0.15) is 23.7 Å². The summed E-state index contributed by atoms with van der Waals surface area (Å²) in [6, 6.07) is 5.88. The molecule has 1 aromatic carbocycles. The van der Waals surface area contributed by atoms with Crippen molar-refractivity contribution in [1.82, 2.24) is 15.0 Å². The van der Waals surface area contributed by atoms with Gasteiger partial charge in [-0.25, -0.2) is 4.68 Å². The zero-order chi connectivity index (χ0) is 16.0. The fourth-order valence-corrected chi connectivity index (χ4v) is 3.33. The summed E-state index contributed by atoms with van der Waals surface area (Å²) in [6.07, 6.45) is 0. The summed E-state index contributed by atoms with van der Waals surface area (Å²) in [5, 5.41) is 8.10. The average Bonchev–Trinajstić information content (AvgIpc) is 2.96. The normalized spacial score (nSPS) is 16.1. The molecule has 23 heavy (non-hydrogen) atoms. The first-order chi connectivity index (χ1) is 11.2. The number of para-hydroxylation sites is 1. The fourth-order valence-electron chi connectivity index (χ4n) is 3.33. The zero-order valence-electron chi connectivity index (χ0n) is 13.3. The number of carbonyl (C=O) groups excluding carboxylic acids is 1. The first-order valence-electron chi connectivity index (χ1n) is 7.93. The van der Waals surface area contributed by atoms with Crippen LogP contribution in [0.5, 0.6) is 5.75 Å². The van der Waals surface area contributed by atoms with Crippen molar-refractivity contribution in [3.8, 4) is 5.75 Å². The Morgan fingerprint density at radius 2 is 2.17 bits per heavy atom. The quantitative estimate of drug-likeness (QED) is 0.840. The molecule has 0 bridgehead atoms. The highest BCUT2D eigenvalue weighted by molar-refractivity contribution is 6.08. The molecule has 4 rings (SSSR count). The number of ether oxygens (including phenoxy) is 1. The number of benzene rings is 1. The molecule has 0 N–H and O–H groups in total. The van der Waals surface area contributed by atoms with E-state index in [-0.39, 0.29) is 5.91 Å². The van der Waals surface area contributed by atoms with E-state index in [9.17, 15) is 4.79 Å². The molecule has 2 aliphatic rings. The van der Waals surface area contributed by atoms with E-state index in [2.05, 4.69) is 15.2 Å². The highest BCUT2D eigenvalue weighted by Crippen LogP contribution is 2.43. The lowest BCUT2D eigenvalue weighted by atomic mass is 10.1. The molecule has 3 heterocycles. The van der Waals surface area contributed by atoms with Crippen LogP contribution >= 0.6 is 0 Å². The Balaban J connectivity index is 1.79. The summed E-state index contributed by atoms with van der Waals surface area (Å²) in [5.74, 6) is 0.804. The maximum atomic E-state index is 13.1. The first kappa shape index (κ1) is 14.0. The zero-order valence-corrected chi connectivity index (χ0v) is 13.3. The van der Waals surface area contributed by atoms with Crippen LogP contribution in [0.4, 0.5) is 11.4 Å². The van der Waals surface area contributed by atoms with Gasteiger partial charge in [0, 0.05) is 19.6 Å². The topological polar surface area (TPSA) is 63.5 Å². The molecule has 7 heteroatoms. The van der Waals surface area contributed by atoms with Gasteiger partial charge in [-0.3, -0.25) is 4.79 Å². The summed E-state index contributed by atoms with van der Waals surface area (Å²) in [5.41, 5.74) is 3.16. The lowest BCUT2D eigenvalue weighted by Crippen LogP contribution is -2.47. The van der Waals surface area contributed by atoms with Crippen molar-refractivity contribution in [3.63, 3.8) is 0 Å². The molecular formula is C16H19N5O2. The Kier molecular flexibility index (Phi) is 3.21. The van der Waals surface area contributed by atoms with Crippen LogP contribution in [0.25, 0.3) is 0 Å². The summed E-state index contributed by atoms with van der Waals surface area (Å²) in [7, 11) is 0. The van der Waals surface area contributed by atoms with Gasteiger partial charge in [0.2, 0.25) is 0 Å². The van der Waals surface area contributed by atoms with Gasteiger partial charge in [-0.2, -0.15) is 0 Å². The summed E-state index contributed by atoms with van der Waals surface area (Å²) >= 11 is 0. The first-order valence-corrected chi connectivity index (χ1v) is 7.93. The fraction of sp³-hybridized carbons (Fsp3) is 0.438. The number of nitrogens with zero attached hydrogens (tertiary/aromatic N) is 5. The van der Waals surface area contributed by atoms with Crippen molar-refractivity contribution < 1.29 is 9.53 Å². The predicted octanol–water partition coefficient (Wildman–Crippen LogP) is 1.47. The van der Waals surface area contributed by atoms with Gasteiger partial charge >= 0.3 is 0 Å². The second-order valence-electron chi connectivity index (χ2n) is 5.76. The van der Waals surface area contributed by atoms with Crippen LogP contribution in [0.2, 0.25) is 0 Å². The van der Waals surface area contributed by atoms with E-state index >= 15 is 0 Å². The van der Waals surface area contributed by atoms with Crippen LogP contribution in [0.15, 0.2) is 18.2 Å². The van der Waals surface area contributed by atoms with Crippen molar-refractivity contribution in [2.75, 3.05) is 36.0 Å². The lowest BCUT2D eigenvalue weighted by molar-refractivity contribution is 0.0975. The van der Waals surface area contributed by atoms with Crippen LogP contribution in [-0.2, 0) is 6.54 Å². The minimum atomic E-state index is -0.0482. The number of hydrogen-bond acceptors (Lipinski definition) is 5. The Morgan fingerprint density at radius 3 is 3.00 bits per heavy atom. The molecule has 7 nitrogen and oxygen atoms in total. The van der Waals surface area contributed by atoms with Crippen LogP contribution in [-0.4, -0.2) is 47.1 Å². The lowest BCUT2D eigenvalue weighted by Gasteiger charge is -2.40. The Morgan fingerprint density at radius 1 is 1.30 bits per heavy atom. The van der Waals surface area contributed by atoms with Crippen LogP contribution in [0, 0.1) is 6.92 Å². The summed E-state index contributed by atoms with van der Waals surface area (Å²) < 4.78 is 7.41. The third-order valence-corrected chi connectivity index (χ3v) is 4.45. The summed E-state index contributed by atoms with van der Waals surface area (Å²) in [4.78, 5) is 17.2. The second-order valence-corrected chi connectivity index (χ2v) is 5.76. The monoisotopic (exact) mass is 313 g/mol. The van der Waals surface area contributed by atoms with Gasteiger partial charge in [-0.05, 0) is 26.0 Å². The Bertz CT molecular complexity index is 770. The Hall–Kier alpha value is -2.57. The van der Waals surface area contributed by atoms with E-state index in [1.54, 1.807) is 4.68 Å². The number of hydrogen-bond donors (Lipinski definition) is 0. The molecule has 0 unspecified atom stereocenters. The maximum Gasteiger partial charge on any atom is 0.278 e. The van der Waals surface area contributed by atoms with E-state index in [1.807, 2.05) is 36.9 Å². The standard InChI is InChI=1S/C16H19N5O2/c1-3-21-14(11(2)17-18-21)16(22)20-8-7-19-9-10-23-13-6-4-5-12(20)15(13)19/h4-6H,3,7-10H2,1-2H3. The van der Waals surface area contributed by atoms with E-state index < -0.39 is 0 Å². The smallest absolute Gasteiger partial charge is 0.278 e. The van der Waals surface area contributed by atoms with Gasteiger partial charge in [0.05, 0.1) is 17.9 Å². The molecule has 0 saturated heterocycles. The molecule has 0 spiro atoms. The van der Waals surface area contributed by atoms with Crippen LogP contribution in [0.1, 0.15) is 23.1 Å². The SMILES string of the molecule is CCn1nnc(C)c1C(=O)N1CCN2CCOc3cccc1c32. The molecule has 120 valence electrons. The second kappa shape index (κ2) is 5.26. The molecular weight excluding hydrogens is 294 g/mol. The largest absolute Gasteiger partial charge is 0.489 e. The van der Waals surface area contributed by atoms with Crippen molar-refractivity contribution in [2.45, 2.75) is 20.4 Å². The van der Waals surface area contributed by atoms with Crippen LogP contribution in [0.3, 0.4) is 0 Å². The van der Waals surface area contributed by atoms with Gasteiger partial charge in [-0.1, -0.05) is 11.3 Å². The maximum absolute atomic E-state index is 13.1. The Labute approximate surface area is 134 Å². The highest BCUT2D eigenvalue weighted by atomic mass is 16.5. The molecule has 1 amide bonds. The molecule has 0 aliphatic carbocycles.